The molecule has 0 saturated heterocycles. The molecule has 1 heterocycles. The fourth-order valence-electron chi connectivity index (χ4n) is 2.26. The van der Waals surface area contributed by atoms with Crippen LogP contribution in [-0.2, 0) is 4.79 Å². The first kappa shape index (κ1) is 14.7. The van der Waals surface area contributed by atoms with E-state index in [1.165, 1.54) is 0 Å². The third-order valence-corrected chi connectivity index (χ3v) is 4.03. The molecule has 0 unspecified atom stereocenters. The van der Waals surface area contributed by atoms with Crippen LogP contribution in [0.5, 0.6) is 0 Å². The normalized spacial score (nSPS) is 13.2. The second kappa shape index (κ2) is 5.88. The summed E-state index contributed by atoms with van der Waals surface area (Å²) in [6.07, 6.45) is 0. The Morgan fingerprint density at radius 2 is 1.50 bits per heavy atom. The highest BCUT2D eigenvalue weighted by Gasteiger charge is 2.36. The van der Waals surface area contributed by atoms with Crippen LogP contribution in [0.15, 0.2) is 48.5 Å². The van der Waals surface area contributed by atoms with Crippen LogP contribution < -0.4 is 5.32 Å². The van der Waals surface area contributed by atoms with E-state index >= 15 is 0 Å². The van der Waals surface area contributed by atoms with Crippen LogP contribution in [0.4, 0.5) is 5.69 Å². The quantitative estimate of drug-likeness (QED) is 0.630. The Morgan fingerprint density at radius 1 is 0.955 bits per heavy atom. The third kappa shape index (κ3) is 2.74. The molecule has 5 nitrogen and oxygen atoms in total. The molecule has 0 spiro atoms. The van der Waals surface area contributed by atoms with Gasteiger partial charge in [-0.25, -0.2) is 0 Å². The fourth-order valence-corrected chi connectivity index (χ4v) is 2.62. The molecule has 0 aromatic heterocycles. The van der Waals surface area contributed by atoms with Crippen molar-refractivity contribution in [1.29, 1.82) is 0 Å². The molecule has 110 valence electrons. The highest BCUT2D eigenvalue weighted by molar-refractivity contribution is 14.1. The molecular weight excluding hydrogens is 395 g/mol. The zero-order valence-corrected chi connectivity index (χ0v) is 13.5. The molecule has 1 aliphatic heterocycles. The van der Waals surface area contributed by atoms with Crippen LogP contribution in [0.2, 0.25) is 0 Å². The van der Waals surface area contributed by atoms with E-state index in [1.54, 1.807) is 36.4 Å². The van der Waals surface area contributed by atoms with Gasteiger partial charge in [-0.2, -0.15) is 0 Å². The maximum atomic E-state index is 12.2. The maximum Gasteiger partial charge on any atom is 0.262 e. The predicted octanol–water partition coefficient (Wildman–Crippen LogP) is 2.53. The summed E-state index contributed by atoms with van der Waals surface area (Å²) >= 11 is 2.17. The Morgan fingerprint density at radius 3 is 2.05 bits per heavy atom. The van der Waals surface area contributed by atoms with Crippen LogP contribution in [0.25, 0.3) is 0 Å². The first-order valence-electron chi connectivity index (χ1n) is 6.57. The maximum absolute atomic E-state index is 12.2. The van der Waals surface area contributed by atoms with Gasteiger partial charge < -0.3 is 5.32 Å². The molecule has 0 fully saturated rings. The van der Waals surface area contributed by atoms with E-state index in [9.17, 15) is 14.4 Å². The molecule has 2 aromatic rings. The van der Waals surface area contributed by atoms with Crippen molar-refractivity contribution in [1.82, 2.24) is 4.90 Å². The van der Waals surface area contributed by atoms with Gasteiger partial charge in [-0.3, -0.25) is 19.3 Å². The third-order valence-electron chi connectivity index (χ3n) is 3.31. The van der Waals surface area contributed by atoms with Gasteiger partial charge in [0.15, 0.2) is 0 Å². The van der Waals surface area contributed by atoms with Crippen LogP contribution in [0, 0.1) is 3.57 Å². The molecule has 2 aromatic carbocycles. The molecule has 0 aliphatic carbocycles. The number of fused-ring (bicyclic) bond motifs is 1. The summed E-state index contributed by atoms with van der Waals surface area (Å²) in [7, 11) is 0. The number of anilines is 1. The second-order valence-corrected chi connectivity index (χ2v) is 6.04. The topological polar surface area (TPSA) is 66.5 Å². The minimum absolute atomic E-state index is 0.293. The minimum Gasteiger partial charge on any atom is -0.325 e. The molecule has 0 bridgehead atoms. The Balaban J connectivity index is 1.71. The Kier molecular flexibility index (Phi) is 3.93. The molecule has 3 amide bonds. The van der Waals surface area contributed by atoms with Gasteiger partial charge in [-0.05, 0) is 59.0 Å². The van der Waals surface area contributed by atoms with Crippen LogP contribution in [0.3, 0.4) is 0 Å². The number of benzene rings is 2. The van der Waals surface area contributed by atoms with Gasteiger partial charge in [0.05, 0.1) is 11.1 Å². The van der Waals surface area contributed by atoms with E-state index in [4.69, 9.17) is 0 Å². The highest BCUT2D eigenvalue weighted by Crippen LogP contribution is 2.22. The first-order chi connectivity index (χ1) is 10.6. The molecule has 1 N–H and O–H groups in total. The smallest absolute Gasteiger partial charge is 0.262 e. The van der Waals surface area contributed by atoms with Crippen molar-refractivity contribution in [2.75, 3.05) is 11.9 Å². The highest BCUT2D eigenvalue weighted by atomic mass is 127. The van der Waals surface area contributed by atoms with E-state index in [1.807, 2.05) is 12.1 Å². The summed E-state index contributed by atoms with van der Waals surface area (Å²) in [5.41, 5.74) is 1.31. The van der Waals surface area contributed by atoms with Gasteiger partial charge >= 0.3 is 0 Å². The lowest BCUT2D eigenvalue weighted by molar-refractivity contribution is -0.116. The molecule has 0 atom stereocenters. The minimum atomic E-state index is -0.432. The van der Waals surface area contributed by atoms with E-state index < -0.39 is 17.7 Å². The lowest BCUT2D eigenvalue weighted by Gasteiger charge is -2.13. The summed E-state index contributed by atoms with van der Waals surface area (Å²) < 4.78 is 1.05. The molecule has 1 aliphatic rings. The summed E-state index contributed by atoms with van der Waals surface area (Å²) in [6, 6.07) is 13.8. The number of rotatable bonds is 3. The molecule has 0 saturated carbocycles. The molecule has 3 rings (SSSR count). The van der Waals surface area contributed by atoms with E-state index in [0.717, 1.165) is 8.47 Å². The van der Waals surface area contributed by atoms with Crippen molar-refractivity contribution in [3.05, 3.63) is 63.2 Å². The van der Waals surface area contributed by atoms with E-state index in [-0.39, 0.29) is 6.54 Å². The zero-order chi connectivity index (χ0) is 15.7. The van der Waals surface area contributed by atoms with Gasteiger partial charge in [0, 0.05) is 9.26 Å². The van der Waals surface area contributed by atoms with Crippen molar-refractivity contribution < 1.29 is 14.4 Å². The van der Waals surface area contributed by atoms with Crippen molar-refractivity contribution >= 4 is 46.0 Å². The van der Waals surface area contributed by atoms with Crippen molar-refractivity contribution in [2.45, 2.75) is 0 Å². The number of amides is 3. The van der Waals surface area contributed by atoms with Crippen LogP contribution in [-0.4, -0.2) is 29.2 Å². The summed E-state index contributed by atoms with van der Waals surface area (Å²) in [5.74, 6) is -1.27. The van der Waals surface area contributed by atoms with E-state index in [0.29, 0.717) is 16.8 Å². The number of hydrogen-bond donors (Lipinski definition) is 1. The predicted molar refractivity (Wildman–Crippen MR) is 89.6 cm³/mol. The van der Waals surface area contributed by atoms with Crippen molar-refractivity contribution in [2.24, 2.45) is 0 Å². The average molecular weight is 406 g/mol. The van der Waals surface area contributed by atoms with Crippen LogP contribution in [0.1, 0.15) is 20.7 Å². The van der Waals surface area contributed by atoms with Gasteiger partial charge in [0.1, 0.15) is 6.54 Å². The second-order valence-electron chi connectivity index (χ2n) is 4.80. The Labute approximate surface area is 140 Å². The fraction of sp³-hybridized carbons (Fsp3) is 0.0625. The Hall–Kier alpha value is -2.22. The number of nitrogens with zero attached hydrogens (tertiary/aromatic N) is 1. The lowest BCUT2D eigenvalue weighted by atomic mass is 10.1. The largest absolute Gasteiger partial charge is 0.325 e. The van der Waals surface area contributed by atoms with Gasteiger partial charge in [-0.1, -0.05) is 12.1 Å². The number of carbonyl (C=O) groups is 3. The summed E-state index contributed by atoms with van der Waals surface area (Å²) in [6.45, 7) is -0.293. The number of imide groups is 1. The average Bonchev–Trinajstić information content (AvgIpc) is 2.75. The number of hydrogen-bond acceptors (Lipinski definition) is 3. The molecular formula is C16H11IN2O3. The molecule has 22 heavy (non-hydrogen) atoms. The Bertz CT molecular complexity index is 736. The van der Waals surface area contributed by atoms with Crippen LogP contribution >= 0.6 is 22.6 Å². The standard InChI is InChI=1S/C16H11IN2O3/c17-10-5-7-11(8-6-10)18-14(20)9-19-15(21)12-3-1-2-4-13(12)16(19)22/h1-8H,9H2,(H,18,20). The van der Waals surface area contributed by atoms with Crippen molar-refractivity contribution in [3.63, 3.8) is 0 Å². The molecule has 0 radical (unpaired) electrons. The molecule has 6 heteroatoms. The van der Waals surface area contributed by atoms with E-state index in [2.05, 4.69) is 27.9 Å². The summed E-state index contributed by atoms with van der Waals surface area (Å²) in [5, 5.41) is 2.68. The SMILES string of the molecule is O=C(CN1C(=O)c2ccccc2C1=O)Nc1ccc(I)cc1. The first-order valence-corrected chi connectivity index (χ1v) is 7.65. The monoisotopic (exact) mass is 406 g/mol. The lowest BCUT2D eigenvalue weighted by Crippen LogP contribution is -2.37. The number of nitrogens with one attached hydrogen (secondary N) is 1. The van der Waals surface area contributed by atoms with Gasteiger partial charge in [-0.15, -0.1) is 0 Å². The van der Waals surface area contributed by atoms with Gasteiger partial charge in [0.2, 0.25) is 5.91 Å². The van der Waals surface area contributed by atoms with Crippen molar-refractivity contribution in [3.8, 4) is 0 Å². The number of carbonyl (C=O) groups excluding carboxylic acids is 3. The van der Waals surface area contributed by atoms with Gasteiger partial charge in [0.25, 0.3) is 11.8 Å². The number of halogens is 1. The zero-order valence-electron chi connectivity index (χ0n) is 11.4. The summed E-state index contributed by atoms with van der Waals surface area (Å²) in [4.78, 5) is 37.3.